The van der Waals surface area contributed by atoms with E-state index in [0.717, 1.165) is 12.8 Å². The minimum Gasteiger partial charge on any atom is -0.494 e. The Labute approximate surface area is 222 Å². The van der Waals surface area contributed by atoms with E-state index in [0.29, 0.717) is 39.8 Å². The summed E-state index contributed by atoms with van der Waals surface area (Å²) in [5.41, 5.74) is 8.06. The van der Waals surface area contributed by atoms with Gasteiger partial charge in [-0.1, -0.05) is 6.07 Å². The van der Waals surface area contributed by atoms with Gasteiger partial charge in [-0.15, -0.1) is 10.2 Å². The van der Waals surface area contributed by atoms with Crippen molar-refractivity contribution in [2.75, 3.05) is 30.5 Å². The first-order chi connectivity index (χ1) is 19.6. The molecule has 0 spiro atoms. The summed E-state index contributed by atoms with van der Waals surface area (Å²) in [5, 5.41) is 15.4. The molecule has 0 aliphatic heterocycles. The lowest BCUT2D eigenvalue weighted by atomic mass is 10.1. The van der Waals surface area contributed by atoms with Gasteiger partial charge in [0.15, 0.2) is 23.1 Å². The Morgan fingerprint density at radius 3 is 2.55 bits per heavy atom. The Balaban J connectivity index is 1.49. The average molecular weight is 515 g/mol. The number of aromatic nitrogens is 5. The SMILES string of the molecule is [2H]C([2H])([2H])NC(=O)c1nnc(NC(=O)C2CC2)cc1Nc1cccc(-c2ncc(-c3cccnc3N)cn2)c1OC. The number of hydrogen-bond donors (Lipinski definition) is 4. The van der Waals surface area contributed by atoms with E-state index in [9.17, 15) is 9.59 Å². The van der Waals surface area contributed by atoms with Crippen molar-refractivity contribution in [3.8, 4) is 28.3 Å². The van der Waals surface area contributed by atoms with Crippen LogP contribution in [0.25, 0.3) is 22.5 Å². The maximum Gasteiger partial charge on any atom is 0.273 e. The van der Waals surface area contributed by atoms with Crippen molar-refractivity contribution in [2.45, 2.75) is 12.8 Å². The minimum atomic E-state index is -2.75. The van der Waals surface area contributed by atoms with E-state index in [1.807, 2.05) is 11.4 Å². The predicted octanol–water partition coefficient (Wildman–Crippen LogP) is 3.04. The van der Waals surface area contributed by atoms with Crippen molar-refractivity contribution in [2.24, 2.45) is 5.92 Å². The van der Waals surface area contributed by atoms with Crippen LogP contribution in [0.4, 0.5) is 23.0 Å². The van der Waals surface area contributed by atoms with Crippen LogP contribution in [0.3, 0.4) is 0 Å². The zero-order chi connectivity index (χ0) is 29.1. The first-order valence-electron chi connectivity index (χ1n) is 13.1. The minimum absolute atomic E-state index is 0.0895. The third-order valence-corrected chi connectivity index (χ3v) is 5.85. The molecule has 3 heterocycles. The molecular weight excluding hydrogens is 486 g/mol. The summed E-state index contributed by atoms with van der Waals surface area (Å²) < 4.78 is 27.9. The van der Waals surface area contributed by atoms with Crippen LogP contribution < -0.4 is 26.4 Å². The second-order valence-corrected chi connectivity index (χ2v) is 8.45. The van der Waals surface area contributed by atoms with Crippen LogP contribution in [-0.2, 0) is 4.79 Å². The Bertz CT molecular complexity index is 1610. The van der Waals surface area contributed by atoms with Crippen molar-refractivity contribution in [3.63, 3.8) is 0 Å². The molecule has 1 saturated carbocycles. The van der Waals surface area contributed by atoms with Crippen LogP contribution in [0.2, 0.25) is 0 Å². The fraction of sp³-hybridized carbons (Fsp3) is 0.192. The first-order valence-corrected chi connectivity index (χ1v) is 11.6. The van der Waals surface area contributed by atoms with Gasteiger partial charge in [-0.05, 0) is 37.1 Å². The van der Waals surface area contributed by atoms with Crippen LogP contribution >= 0.6 is 0 Å². The molecule has 0 atom stereocenters. The molecule has 0 bridgehead atoms. The zero-order valence-electron chi connectivity index (χ0n) is 23.2. The highest BCUT2D eigenvalue weighted by Crippen LogP contribution is 2.37. The molecule has 12 nitrogen and oxygen atoms in total. The fourth-order valence-corrected chi connectivity index (χ4v) is 3.79. The maximum absolute atomic E-state index is 12.8. The normalized spacial score (nSPS) is 14.0. The lowest BCUT2D eigenvalue weighted by Crippen LogP contribution is -2.22. The lowest BCUT2D eigenvalue weighted by Gasteiger charge is -2.16. The summed E-state index contributed by atoms with van der Waals surface area (Å²) in [6.45, 7) is -2.75. The maximum atomic E-state index is 12.8. The van der Waals surface area contributed by atoms with Gasteiger partial charge in [0.25, 0.3) is 5.91 Å². The molecule has 1 fully saturated rings. The largest absolute Gasteiger partial charge is 0.494 e. The number of carbonyl (C=O) groups is 2. The van der Waals surface area contributed by atoms with E-state index in [4.69, 9.17) is 14.6 Å². The molecular formula is C26H25N9O3. The van der Waals surface area contributed by atoms with Crippen LogP contribution in [0, 0.1) is 5.92 Å². The van der Waals surface area contributed by atoms with Crippen molar-refractivity contribution in [1.82, 2.24) is 30.5 Å². The molecule has 192 valence electrons. The molecule has 38 heavy (non-hydrogen) atoms. The van der Waals surface area contributed by atoms with E-state index < -0.39 is 12.9 Å². The predicted molar refractivity (Wildman–Crippen MR) is 142 cm³/mol. The van der Waals surface area contributed by atoms with Crippen LogP contribution in [0.5, 0.6) is 5.75 Å². The number of nitrogens with zero attached hydrogens (tertiary/aromatic N) is 5. The average Bonchev–Trinajstić information content (AvgIpc) is 3.79. The van der Waals surface area contributed by atoms with E-state index in [-0.39, 0.29) is 29.0 Å². The van der Waals surface area contributed by atoms with Gasteiger partial charge in [0.05, 0.1) is 24.0 Å². The van der Waals surface area contributed by atoms with Crippen molar-refractivity contribution < 1.29 is 18.4 Å². The third kappa shape index (κ3) is 5.05. The van der Waals surface area contributed by atoms with Gasteiger partial charge in [0, 0.05) is 52.8 Å². The first kappa shape index (κ1) is 21.0. The van der Waals surface area contributed by atoms with E-state index in [2.05, 4.69) is 35.8 Å². The summed E-state index contributed by atoms with van der Waals surface area (Å²) >= 11 is 0. The van der Waals surface area contributed by atoms with Crippen molar-refractivity contribution in [1.29, 1.82) is 0 Å². The number of pyridine rings is 1. The quantitative estimate of drug-likeness (QED) is 0.274. The Morgan fingerprint density at radius 2 is 1.84 bits per heavy atom. The van der Waals surface area contributed by atoms with Crippen LogP contribution in [0.15, 0.2) is 55.0 Å². The van der Waals surface area contributed by atoms with Gasteiger partial charge >= 0.3 is 0 Å². The molecule has 5 rings (SSSR count). The summed E-state index contributed by atoms with van der Waals surface area (Å²) in [4.78, 5) is 38.1. The second kappa shape index (κ2) is 10.5. The number of nitrogen functional groups attached to an aromatic ring is 1. The van der Waals surface area contributed by atoms with E-state index >= 15 is 0 Å². The number of methoxy groups -OCH3 is 1. The fourth-order valence-electron chi connectivity index (χ4n) is 3.79. The smallest absolute Gasteiger partial charge is 0.273 e. The Kier molecular flexibility index (Phi) is 5.78. The summed E-state index contributed by atoms with van der Waals surface area (Å²) in [6.07, 6.45) is 6.40. The number of rotatable bonds is 8. The number of amides is 2. The number of para-hydroxylation sites is 1. The molecule has 0 radical (unpaired) electrons. The van der Waals surface area contributed by atoms with E-state index in [1.165, 1.54) is 13.2 Å². The molecule has 5 N–H and O–H groups in total. The molecule has 1 aliphatic rings. The number of anilines is 4. The van der Waals surface area contributed by atoms with Gasteiger partial charge in [0.1, 0.15) is 5.82 Å². The van der Waals surface area contributed by atoms with Crippen molar-refractivity contribution in [3.05, 3.63) is 60.7 Å². The monoisotopic (exact) mass is 514 g/mol. The highest BCUT2D eigenvalue weighted by Gasteiger charge is 2.30. The molecule has 4 aromatic rings. The summed E-state index contributed by atoms with van der Waals surface area (Å²) in [5.74, 6) is -0.152. The van der Waals surface area contributed by atoms with Gasteiger partial charge in [-0.2, -0.15) is 0 Å². The van der Waals surface area contributed by atoms with Gasteiger partial charge in [-0.3, -0.25) is 9.59 Å². The molecule has 0 saturated heterocycles. The Hall–Kier alpha value is -5.13. The van der Waals surface area contributed by atoms with Gasteiger partial charge in [-0.25, -0.2) is 15.0 Å². The lowest BCUT2D eigenvalue weighted by molar-refractivity contribution is -0.117. The number of hydrogen-bond acceptors (Lipinski definition) is 10. The van der Waals surface area contributed by atoms with Crippen molar-refractivity contribution >= 4 is 34.8 Å². The molecule has 3 aromatic heterocycles. The highest BCUT2D eigenvalue weighted by molar-refractivity contribution is 6.00. The topological polar surface area (TPSA) is 170 Å². The Morgan fingerprint density at radius 1 is 1.05 bits per heavy atom. The van der Waals surface area contributed by atoms with E-state index in [1.54, 1.807) is 42.9 Å². The number of carbonyl (C=O) groups excluding carboxylic acids is 2. The number of nitrogens with one attached hydrogen (secondary N) is 3. The summed E-state index contributed by atoms with van der Waals surface area (Å²) in [7, 11) is 1.46. The molecule has 0 unspecified atom stereocenters. The molecule has 1 aromatic carbocycles. The molecule has 12 heteroatoms. The highest BCUT2D eigenvalue weighted by atomic mass is 16.5. The second-order valence-electron chi connectivity index (χ2n) is 8.45. The standard InChI is InChI=1S/C26H25N9O3/c1-28-26(37)21-19(11-20(34-35-21)33-25(36)14-8-9-14)32-18-7-3-5-17(22(18)38-2)24-30-12-15(13-31-24)16-6-4-10-29-23(16)27/h3-7,10-14H,8-9H2,1-2H3,(H2,27,29)(H,28,37)(H2,32,33,34,36)/i1D3. The van der Waals surface area contributed by atoms with Crippen LogP contribution in [-0.4, -0.2) is 51.0 Å². The number of nitrogens with two attached hydrogens (primary N) is 1. The summed E-state index contributed by atoms with van der Waals surface area (Å²) in [6, 6.07) is 10.1. The van der Waals surface area contributed by atoms with Crippen LogP contribution in [0.1, 0.15) is 27.4 Å². The molecule has 1 aliphatic carbocycles. The number of benzene rings is 1. The zero-order valence-corrected chi connectivity index (χ0v) is 20.2. The van der Waals surface area contributed by atoms with Gasteiger partial charge in [0.2, 0.25) is 5.91 Å². The molecule has 2 amide bonds. The number of ether oxygens (including phenoxy) is 1. The third-order valence-electron chi connectivity index (χ3n) is 5.85. The van der Waals surface area contributed by atoms with Gasteiger partial charge < -0.3 is 26.4 Å².